The summed E-state index contributed by atoms with van der Waals surface area (Å²) in [6.45, 7) is 5.07. The molecule has 1 saturated heterocycles. The van der Waals surface area contributed by atoms with Gasteiger partial charge in [0.25, 0.3) is 0 Å². The van der Waals surface area contributed by atoms with Crippen LogP contribution in [0.3, 0.4) is 0 Å². The van der Waals surface area contributed by atoms with Gasteiger partial charge in [-0.15, -0.1) is 5.10 Å². The van der Waals surface area contributed by atoms with Crippen molar-refractivity contribution in [2.24, 2.45) is 0 Å². The standard InChI is InChI=1S/C17H22N4O2S/c1-12-9-15(23-19-12)17-16(18-20-24-17)13-5-4-7-21(10-13)11-14-6-2-3-8-22-14/h3,8-9,13-14H,2,4-7,10-11H2,1H3/t13-,14-/m0/s1. The van der Waals surface area contributed by atoms with Crippen LogP contribution in [0.25, 0.3) is 10.6 Å². The van der Waals surface area contributed by atoms with Gasteiger partial charge >= 0.3 is 0 Å². The SMILES string of the molecule is Cc1cc(-c2snnc2[C@H]2CCCN(C[C@@H]3CCC=CO3)C2)on1. The molecule has 2 aliphatic heterocycles. The topological polar surface area (TPSA) is 64.3 Å². The zero-order chi connectivity index (χ0) is 16.4. The Bertz CT molecular complexity index is 711. The number of likely N-dealkylation sites (tertiary alicyclic amines) is 1. The maximum atomic E-state index is 5.73. The zero-order valence-corrected chi connectivity index (χ0v) is 14.7. The highest BCUT2D eigenvalue weighted by Gasteiger charge is 2.29. The summed E-state index contributed by atoms with van der Waals surface area (Å²) < 4.78 is 15.3. The van der Waals surface area contributed by atoms with Crippen molar-refractivity contribution < 1.29 is 9.26 Å². The third kappa shape index (κ3) is 3.37. The molecule has 0 unspecified atom stereocenters. The minimum atomic E-state index is 0.318. The fourth-order valence-corrected chi connectivity index (χ4v) is 4.26. The van der Waals surface area contributed by atoms with Crippen LogP contribution in [0.5, 0.6) is 0 Å². The van der Waals surface area contributed by atoms with Crippen molar-refractivity contribution in [3.8, 4) is 10.6 Å². The van der Waals surface area contributed by atoms with E-state index in [2.05, 4.69) is 25.7 Å². The molecule has 4 heterocycles. The first-order valence-electron chi connectivity index (χ1n) is 8.58. The molecule has 24 heavy (non-hydrogen) atoms. The van der Waals surface area contributed by atoms with E-state index in [0.717, 1.165) is 60.9 Å². The molecule has 7 heteroatoms. The molecule has 4 rings (SSSR count). The molecule has 128 valence electrons. The molecular formula is C17H22N4O2S. The molecule has 6 nitrogen and oxygen atoms in total. The highest BCUT2D eigenvalue weighted by Crippen LogP contribution is 2.35. The van der Waals surface area contributed by atoms with Gasteiger partial charge in [0, 0.05) is 25.1 Å². The molecule has 2 aromatic heterocycles. The van der Waals surface area contributed by atoms with E-state index >= 15 is 0 Å². The molecule has 2 aromatic rings. The predicted molar refractivity (Wildman–Crippen MR) is 91.8 cm³/mol. The quantitative estimate of drug-likeness (QED) is 0.846. The molecule has 0 saturated carbocycles. The number of aryl methyl sites for hydroxylation is 1. The Morgan fingerprint density at radius 2 is 2.33 bits per heavy atom. The lowest BCUT2D eigenvalue weighted by molar-refractivity contribution is 0.0671. The van der Waals surface area contributed by atoms with Crippen LogP contribution in [0.1, 0.15) is 43.0 Å². The van der Waals surface area contributed by atoms with E-state index in [1.165, 1.54) is 18.0 Å². The van der Waals surface area contributed by atoms with Crippen LogP contribution in [-0.2, 0) is 4.74 Å². The molecule has 0 bridgehead atoms. The highest BCUT2D eigenvalue weighted by atomic mass is 32.1. The molecule has 0 spiro atoms. The van der Waals surface area contributed by atoms with Gasteiger partial charge in [0.2, 0.25) is 0 Å². The predicted octanol–water partition coefficient (Wildman–Crippen LogP) is 3.37. The van der Waals surface area contributed by atoms with Crippen molar-refractivity contribution in [1.82, 2.24) is 19.6 Å². The highest BCUT2D eigenvalue weighted by molar-refractivity contribution is 7.09. The fraction of sp³-hybridized carbons (Fsp3) is 0.588. The maximum absolute atomic E-state index is 5.73. The lowest BCUT2D eigenvalue weighted by atomic mass is 9.93. The molecule has 0 N–H and O–H groups in total. The number of allylic oxidation sites excluding steroid dienone is 1. The van der Waals surface area contributed by atoms with Crippen molar-refractivity contribution in [1.29, 1.82) is 0 Å². The minimum absolute atomic E-state index is 0.318. The monoisotopic (exact) mass is 346 g/mol. The maximum Gasteiger partial charge on any atom is 0.180 e. The second kappa shape index (κ2) is 7.03. The Hall–Kier alpha value is -1.73. The lowest BCUT2D eigenvalue weighted by Crippen LogP contribution is -2.40. The van der Waals surface area contributed by atoms with Crippen LogP contribution in [0, 0.1) is 6.92 Å². The van der Waals surface area contributed by atoms with Crippen LogP contribution in [0.15, 0.2) is 22.9 Å². The van der Waals surface area contributed by atoms with Crippen molar-refractivity contribution in [3.05, 3.63) is 29.8 Å². The summed E-state index contributed by atoms with van der Waals surface area (Å²) in [5.41, 5.74) is 1.95. The Balaban J connectivity index is 1.46. The van der Waals surface area contributed by atoms with Crippen LogP contribution in [-0.4, -0.2) is 45.4 Å². The smallest absolute Gasteiger partial charge is 0.180 e. The average Bonchev–Trinajstić information content (AvgIpc) is 3.24. The van der Waals surface area contributed by atoms with Gasteiger partial charge in [0.1, 0.15) is 11.0 Å². The van der Waals surface area contributed by atoms with Gasteiger partial charge in [0.15, 0.2) is 5.76 Å². The second-order valence-corrected chi connectivity index (χ2v) is 7.38. The summed E-state index contributed by atoms with van der Waals surface area (Å²) in [6.07, 6.45) is 8.82. The van der Waals surface area contributed by atoms with Gasteiger partial charge in [-0.2, -0.15) is 0 Å². The molecule has 2 atom stereocenters. The van der Waals surface area contributed by atoms with Gasteiger partial charge < -0.3 is 9.26 Å². The van der Waals surface area contributed by atoms with Crippen LogP contribution in [0.4, 0.5) is 0 Å². The van der Waals surface area contributed by atoms with E-state index in [4.69, 9.17) is 9.26 Å². The third-order valence-electron chi connectivity index (χ3n) is 4.74. The second-order valence-electron chi connectivity index (χ2n) is 6.63. The number of rotatable bonds is 4. The van der Waals surface area contributed by atoms with Gasteiger partial charge in [-0.3, -0.25) is 4.90 Å². The van der Waals surface area contributed by atoms with E-state index in [0.29, 0.717) is 12.0 Å². The average molecular weight is 346 g/mol. The first-order valence-corrected chi connectivity index (χ1v) is 9.35. The Labute approximate surface area is 145 Å². The molecule has 0 aliphatic carbocycles. The van der Waals surface area contributed by atoms with Crippen LogP contribution >= 0.6 is 11.5 Å². The summed E-state index contributed by atoms with van der Waals surface area (Å²) in [5.74, 6) is 1.19. The fourth-order valence-electron chi connectivity index (χ4n) is 3.56. The Kier molecular flexibility index (Phi) is 4.62. The van der Waals surface area contributed by atoms with E-state index in [9.17, 15) is 0 Å². The van der Waals surface area contributed by atoms with Crippen molar-refractivity contribution in [2.75, 3.05) is 19.6 Å². The first-order chi connectivity index (χ1) is 11.8. The minimum Gasteiger partial charge on any atom is -0.497 e. The summed E-state index contributed by atoms with van der Waals surface area (Å²) in [5, 5.41) is 8.41. The van der Waals surface area contributed by atoms with E-state index in [1.54, 1.807) is 0 Å². The van der Waals surface area contributed by atoms with Crippen molar-refractivity contribution >= 4 is 11.5 Å². The lowest BCUT2D eigenvalue weighted by Gasteiger charge is -2.34. The van der Waals surface area contributed by atoms with E-state index in [1.807, 2.05) is 19.3 Å². The number of hydrogen-bond acceptors (Lipinski definition) is 7. The molecule has 2 aliphatic rings. The van der Waals surface area contributed by atoms with Gasteiger partial charge in [-0.25, -0.2) is 0 Å². The molecular weight excluding hydrogens is 324 g/mol. The molecule has 0 amide bonds. The summed E-state index contributed by atoms with van der Waals surface area (Å²) in [4.78, 5) is 3.53. The van der Waals surface area contributed by atoms with Gasteiger partial charge in [0.05, 0.1) is 17.6 Å². The van der Waals surface area contributed by atoms with Crippen molar-refractivity contribution in [2.45, 2.75) is 44.6 Å². The summed E-state index contributed by atoms with van der Waals surface area (Å²) in [6, 6.07) is 1.96. The number of piperidine rings is 1. The summed E-state index contributed by atoms with van der Waals surface area (Å²) in [7, 11) is 0. The van der Waals surface area contributed by atoms with Crippen molar-refractivity contribution in [3.63, 3.8) is 0 Å². The number of hydrogen-bond donors (Lipinski definition) is 0. The normalized spacial score (nSPS) is 24.9. The number of ether oxygens (including phenoxy) is 1. The van der Waals surface area contributed by atoms with Crippen LogP contribution in [0.2, 0.25) is 0 Å². The van der Waals surface area contributed by atoms with Crippen LogP contribution < -0.4 is 0 Å². The largest absolute Gasteiger partial charge is 0.497 e. The van der Waals surface area contributed by atoms with Gasteiger partial charge in [-0.1, -0.05) is 9.64 Å². The Morgan fingerprint density at radius 1 is 1.38 bits per heavy atom. The molecule has 1 fully saturated rings. The van der Waals surface area contributed by atoms with E-state index in [-0.39, 0.29) is 0 Å². The molecule has 0 radical (unpaired) electrons. The Morgan fingerprint density at radius 3 is 3.12 bits per heavy atom. The number of nitrogens with zero attached hydrogens (tertiary/aromatic N) is 4. The molecule has 0 aromatic carbocycles. The zero-order valence-electron chi connectivity index (χ0n) is 13.9. The van der Waals surface area contributed by atoms with Gasteiger partial charge in [-0.05, 0) is 56.8 Å². The first kappa shape index (κ1) is 15.8. The number of aromatic nitrogens is 3. The summed E-state index contributed by atoms with van der Waals surface area (Å²) >= 11 is 1.40. The van der Waals surface area contributed by atoms with E-state index < -0.39 is 0 Å². The third-order valence-corrected chi connectivity index (χ3v) is 5.50.